The summed E-state index contributed by atoms with van der Waals surface area (Å²) in [7, 11) is -3.74. The molecule has 1 saturated heterocycles. The van der Waals surface area contributed by atoms with Gasteiger partial charge >= 0.3 is 0 Å². The number of carbonyl (C=O) groups is 1. The Bertz CT molecular complexity index is 865. The van der Waals surface area contributed by atoms with Crippen molar-refractivity contribution < 1.29 is 17.6 Å². The number of aromatic nitrogens is 1. The molecule has 1 aromatic carbocycles. The summed E-state index contributed by atoms with van der Waals surface area (Å²) in [6.45, 7) is 2.35. The van der Waals surface area contributed by atoms with Crippen LogP contribution < -0.4 is 5.32 Å². The van der Waals surface area contributed by atoms with Crippen molar-refractivity contribution in [1.82, 2.24) is 9.29 Å². The van der Waals surface area contributed by atoms with Crippen LogP contribution in [0.15, 0.2) is 35.4 Å². The minimum Gasteiger partial charge on any atom is -0.302 e. The molecular weight excluding hydrogens is 365 g/mol. The predicted molar refractivity (Wildman–Crippen MR) is 93.4 cm³/mol. The highest BCUT2D eigenvalue weighted by molar-refractivity contribution is 7.89. The van der Waals surface area contributed by atoms with Crippen molar-refractivity contribution in [2.75, 3.05) is 18.4 Å². The lowest BCUT2D eigenvalue weighted by Crippen LogP contribution is -2.43. The maximum absolute atomic E-state index is 13.0. The average molecular weight is 383 g/mol. The smallest absolute Gasteiger partial charge is 0.243 e. The van der Waals surface area contributed by atoms with E-state index >= 15 is 0 Å². The minimum atomic E-state index is -3.74. The fourth-order valence-electron chi connectivity index (χ4n) is 2.75. The number of hydrogen-bond donors (Lipinski definition) is 1. The van der Waals surface area contributed by atoms with Gasteiger partial charge in [-0.05, 0) is 44.0 Å². The van der Waals surface area contributed by atoms with Crippen molar-refractivity contribution in [3.8, 4) is 0 Å². The first kappa shape index (κ1) is 18.0. The molecule has 2 aromatic rings. The van der Waals surface area contributed by atoms with Crippen LogP contribution in [0.1, 0.15) is 17.7 Å². The minimum absolute atomic E-state index is 0.0329. The van der Waals surface area contributed by atoms with E-state index in [-0.39, 0.29) is 17.3 Å². The Kier molecular flexibility index (Phi) is 5.16. The maximum atomic E-state index is 13.0. The van der Waals surface area contributed by atoms with E-state index in [4.69, 9.17) is 0 Å². The van der Waals surface area contributed by atoms with E-state index in [0.717, 1.165) is 17.0 Å². The Morgan fingerprint density at radius 1 is 1.36 bits per heavy atom. The molecule has 0 saturated carbocycles. The molecule has 1 aromatic heterocycles. The second-order valence-corrected chi connectivity index (χ2v) is 9.09. The van der Waals surface area contributed by atoms with Gasteiger partial charge in [0, 0.05) is 24.2 Å². The van der Waals surface area contributed by atoms with Crippen LogP contribution in [0.25, 0.3) is 0 Å². The normalized spacial score (nSPS) is 18.9. The summed E-state index contributed by atoms with van der Waals surface area (Å²) < 4.78 is 39.7. The van der Waals surface area contributed by atoms with E-state index in [1.165, 1.54) is 27.8 Å². The van der Waals surface area contributed by atoms with Crippen LogP contribution in [0.2, 0.25) is 0 Å². The first-order valence-electron chi connectivity index (χ1n) is 7.85. The van der Waals surface area contributed by atoms with Crippen LogP contribution in [-0.4, -0.2) is 36.7 Å². The lowest BCUT2D eigenvalue weighted by atomic mass is 9.99. The number of anilines is 1. The molecule has 25 heavy (non-hydrogen) atoms. The molecule has 1 aliphatic heterocycles. The highest BCUT2D eigenvalue weighted by atomic mass is 32.2. The van der Waals surface area contributed by atoms with Crippen LogP contribution in [0, 0.1) is 18.7 Å². The number of sulfonamides is 1. The summed E-state index contributed by atoms with van der Waals surface area (Å²) >= 11 is 1.37. The lowest BCUT2D eigenvalue weighted by molar-refractivity contribution is -0.120. The average Bonchev–Trinajstić information content (AvgIpc) is 3.00. The lowest BCUT2D eigenvalue weighted by Gasteiger charge is -2.31. The quantitative estimate of drug-likeness (QED) is 0.880. The third-order valence-corrected chi connectivity index (χ3v) is 6.77. The van der Waals surface area contributed by atoms with Crippen molar-refractivity contribution in [2.24, 2.45) is 5.92 Å². The number of benzene rings is 1. The van der Waals surface area contributed by atoms with Gasteiger partial charge in [-0.3, -0.25) is 4.79 Å². The van der Waals surface area contributed by atoms with Crippen molar-refractivity contribution in [3.63, 3.8) is 0 Å². The molecule has 6 nitrogen and oxygen atoms in total. The Balaban J connectivity index is 1.71. The van der Waals surface area contributed by atoms with Gasteiger partial charge in [0.2, 0.25) is 15.9 Å². The van der Waals surface area contributed by atoms with Crippen molar-refractivity contribution >= 4 is 32.4 Å². The summed E-state index contributed by atoms with van der Waals surface area (Å²) in [4.78, 5) is 17.5. The maximum Gasteiger partial charge on any atom is 0.243 e. The number of nitrogens with one attached hydrogen (secondary N) is 1. The molecule has 0 spiro atoms. The first-order chi connectivity index (χ1) is 11.9. The largest absolute Gasteiger partial charge is 0.302 e. The molecule has 1 N–H and O–H groups in total. The molecule has 134 valence electrons. The summed E-state index contributed by atoms with van der Waals surface area (Å²) in [6.07, 6.45) is 2.88. The molecule has 0 bridgehead atoms. The van der Waals surface area contributed by atoms with Gasteiger partial charge in [0.15, 0.2) is 5.13 Å². The molecular formula is C16H18FN3O3S2. The number of aryl methyl sites for hydroxylation is 1. The van der Waals surface area contributed by atoms with Crippen molar-refractivity contribution in [2.45, 2.75) is 24.7 Å². The summed E-state index contributed by atoms with van der Waals surface area (Å²) in [5.74, 6) is -1.16. The number of halogens is 1. The number of hydrogen-bond acceptors (Lipinski definition) is 5. The van der Waals surface area contributed by atoms with E-state index < -0.39 is 21.8 Å². The third-order valence-electron chi connectivity index (χ3n) is 4.06. The van der Waals surface area contributed by atoms with Crippen LogP contribution >= 0.6 is 11.3 Å². The van der Waals surface area contributed by atoms with Gasteiger partial charge in [-0.25, -0.2) is 17.8 Å². The van der Waals surface area contributed by atoms with E-state index in [0.29, 0.717) is 24.5 Å². The fraction of sp³-hybridized carbons (Fsp3) is 0.375. The molecule has 9 heteroatoms. The van der Waals surface area contributed by atoms with Crippen molar-refractivity contribution in [3.05, 3.63) is 41.2 Å². The van der Waals surface area contributed by atoms with Gasteiger partial charge in [0.1, 0.15) is 5.82 Å². The van der Waals surface area contributed by atoms with Gasteiger partial charge in [-0.15, -0.1) is 11.3 Å². The van der Waals surface area contributed by atoms with E-state index in [1.54, 1.807) is 6.20 Å². The second kappa shape index (κ2) is 7.19. The molecule has 3 rings (SSSR count). The second-order valence-electron chi connectivity index (χ2n) is 5.92. The van der Waals surface area contributed by atoms with E-state index in [2.05, 4.69) is 10.3 Å². The summed E-state index contributed by atoms with van der Waals surface area (Å²) in [5.41, 5.74) is 0. The Morgan fingerprint density at radius 2 is 2.08 bits per heavy atom. The molecule has 1 aliphatic rings. The van der Waals surface area contributed by atoms with E-state index in [1.807, 2.05) is 6.92 Å². The van der Waals surface area contributed by atoms with Gasteiger partial charge in [0.05, 0.1) is 10.8 Å². The van der Waals surface area contributed by atoms with Gasteiger partial charge < -0.3 is 5.32 Å². The van der Waals surface area contributed by atoms with Crippen LogP contribution in [-0.2, 0) is 14.8 Å². The topological polar surface area (TPSA) is 79.4 Å². The molecule has 1 fully saturated rings. The zero-order chi connectivity index (χ0) is 18.0. The first-order valence-corrected chi connectivity index (χ1v) is 10.1. The molecule has 2 heterocycles. The van der Waals surface area contributed by atoms with Gasteiger partial charge in [-0.2, -0.15) is 4.31 Å². The number of nitrogens with zero attached hydrogens (tertiary/aromatic N) is 2. The number of rotatable bonds is 4. The summed E-state index contributed by atoms with van der Waals surface area (Å²) in [6, 6.07) is 4.72. The monoisotopic (exact) mass is 383 g/mol. The Hall–Kier alpha value is -1.84. The fourth-order valence-corrected chi connectivity index (χ4v) is 4.94. The van der Waals surface area contributed by atoms with Crippen molar-refractivity contribution in [1.29, 1.82) is 0 Å². The number of carbonyl (C=O) groups excluding carboxylic acids is 1. The molecule has 0 radical (unpaired) electrons. The van der Waals surface area contributed by atoms with Gasteiger partial charge in [0.25, 0.3) is 0 Å². The Morgan fingerprint density at radius 3 is 2.72 bits per heavy atom. The number of thiazole rings is 1. The Labute approximate surface area is 149 Å². The van der Waals surface area contributed by atoms with E-state index in [9.17, 15) is 17.6 Å². The van der Waals surface area contributed by atoms with Crippen LogP contribution in [0.3, 0.4) is 0 Å². The summed E-state index contributed by atoms with van der Waals surface area (Å²) in [5, 5.41) is 3.26. The molecule has 1 atom stereocenters. The third kappa shape index (κ3) is 4.05. The molecule has 1 unspecified atom stereocenters. The zero-order valence-corrected chi connectivity index (χ0v) is 15.2. The SMILES string of the molecule is Cc1cnc(NC(=O)C2CCCN(S(=O)(=O)c3ccc(F)cc3)C2)s1. The highest BCUT2D eigenvalue weighted by Crippen LogP contribution is 2.25. The van der Waals surface area contributed by atoms with Crippen LogP contribution in [0.4, 0.5) is 9.52 Å². The molecule has 0 aliphatic carbocycles. The van der Waals surface area contributed by atoms with Gasteiger partial charge in [-0.1, -0.05) is 0 Å². The predicted octanol–water partition coefficient (Wildman–Crippen LogP) is 2.63. The molecule has 1 amide bonds. The zero-order valence-electron chi connectivity index (χ0n) is 13.6. The highest BCUT2D eigenvalue weighted by Gasteiger charge is 2.33. The number of amides is 1. The standard InChI is InChI=1S/C16H18FN3O3S2/c1-11-9-18-16(24-11)19-15(21)12-3-2-8-20(10-12)25(22,23)14-6-4-13(17)5-7-14/h4-7,9,12H,2-3,8,10H2,1H3,(H,18,19,21). The number of piperidine rings is 1. The van der Waals surface area contributed by atoms with Crippen LogP contribution in [0.5, 0.6) is 0 Å².